The molecule has 4 aliphatic carbocycles. The Hall–Kier alpha value is -2.30. The SMILES string of the molecule is C[C@@]12CCC[C@H]1[C@@H]1CC=C3C[C@@H](OC(=O)c4ccc(N)cc4)CC[C@]3(C)[C@H]1/C(=N\O)C2. The first-order valence-corrected chi connectivity index (χ1v) is 11.8. The number of fused-ring (bicyclic) bond motifs is 5. The molecule has 31 heavy (non-hydrogen) atoms. The maximum atomic E-state index is 12.6. The number of hydrogen-bond donors (Lipinski definition) is 2. The highest BCUT2D eigenvalue weighted by atomic mass is 16.5. The van der Waals surface area contributed by atoms with Gasteiger partial charge in [0.2, 0.25) is 0 Å². The Balaban J connectivity index is 1.36. The van der Waals surface area contributed by atoms with Crippen LogP contribution in [0.3, 0.4) is 0 Å². The maximum absolute atomic E-state index is 12.6. The van der Waals surface area contributed by atoms with Crippen LogP contribution in [0.15, 0.2) is 41.1 Å². The molecule has 0 amide bonds. The Morgan fingerprint density at radius 3 is 2.71 bits per heavy atom. The molecule has 3 saturated carbocycles. The van der Waals surface area contributed by atoms with E-state index in [2.05, 4.69) is 25.1 Å². The molecular formula is C26H34N2O3. The summed E-state index contributed by atoms with van der Waals surface area (Å²) in [6, 6.07) is 6.90. The normalized spacial score (nSPS) is 40.5. The highest BCUT2D eigenvalue weighted by Gasteiger charge is 2.58. The molecule has 5 nitrogen and oxygen atoms in total. The Kier molecular flexibility index (Phi) is 4.91. The quantitative estimate of drug-likeness (QED) is 0.214. The van der Waals surface area contributed by atoms with Crippen LogP contribution in [-0.4, -0.2) is 23.0 Å². The maximum Gasteiger partial charge on any atom is 0.338 e. The van der Waals surface area contributed by atoms with Crippen LogP contribution in [0.4, 0.5) is 5.69 Å². The summed E-state index contributed by atoms with van der Waals surface area (Å²) in [6.45, 7) is 4.76. The van der Waals surface area contributed by atoms with Gasteiger partial charge in [0.1, 0.15) is 6.10 Å². The van der Waals surface area contributed by atoms with Gasteiger partial charge >= 0.3 is 5.97 Å². The molecule has 3 N–H and O–H groups in total. The molecule has 0 bridgehead atoms. The van der Waals surface area contributed by atoms with E-state index in [4.69, 9.17) is 10.5 Å². The fraction of sp³-hybridized carbons (Fsp3) is 0.615. The molecule has 0 radical (unpaired) electrons. The Labute approximate surface area is 184 Å². The standard InChI is InChI=1S/C26H34N2O3/c1-25-12-3-4-21(25)20-10-7-17-14-19(31-24(29)16-5-8-18(27)9-6-16)11-13-26(17,2)23(20)22(15-25)28-30/h5-9,19-21,23,30H,3-4,10-15,27H2,1-2H3/b28-22-/t19-,20-,21-,23+,25-,26-/m0/s1. The van der Waals surface area contributed by atoms with E-state index in [1.54, 1.807) is 24.3 Å². The van der Waals surface area contributed by atoms with Crippen LogP contribution in [0.25, 0.3) is 0 Å². The van der Waals surface area contributed by atoms with Crippen molar-refractivity contribution in [2.24, 2.45) is 33.7 Å². The van der Waals surface area contributed by atoms with Crippen LogP contribution in [0.2, 0.25) is 0 Å². The minimum atomic E-state index is -0.278. The molecular weight excluding hydrogens is 388 g/mol. The monoisotopic (exact) mass is 422 g/mol. The third-order valence-electron chi connectivity index (χ3n) is 9.09. The number of carbonyl (C=O) groups is 1. The van der Waals surface area contributed by atoms with Crippen LogP contribution < -0.4 is 5.73 Å². The third-order valence-corrected chi connectivity index (χ3v) is 9.09. The molecule has 3 fully saturated rings. The van der Waals surface area contributed by atoms with Gasteiger partial charge in [-0.05, 0) is 85.5 Å². The van der Waals surface area contributed by atoms with Gasteiger partial charge in [-0.1, -0.05) is 37.1 Å². The van der Waals surface area contributed by atoms with E-state index >= 15 is 0 Å². The molecule has 4 aliphatic rings. The first-order chi connectivity index (χ1) is 14.8. The summed E-state index contributed by atoms with van der Waals surface area (Å²) in [4.78, 5) is 12.6. The summed E-state index contributed by atoms with van der Waals surface area (Å²) in [6.07, 6.45) is 10.7. The number of anilines is 1. The molecule has 0 saturated heterocycles. The summed E-state index contributed by atoms with van der Waals surface area (Å²) < 4.78 is 5.89. The van der Waals surface area contributed by atoms with Crippen molar-refractivity contribution >= 4 is 17.4 Å². The number of nitrogen functional groups attached to an aromatic ring is 1. The summed E-state index contributed by atoms with van der Waals surface area (Å²) in [7, 11) is 0. The molecule has 0 spiro atoms. The van der Waals surface area contributed by atoms with E-state index in [0.717, 1.165) is 43.7 Å². The summed E-state index contributed by atoms with van der Waals surface area (Å²) in [5.74, 6) is 1.32. The summed E-state index contributed by atoms with van der Waals surface area (Å²) in [5.41, 5.74) is 9.59. The van der Waals surface area contributed by atoms with Crippen LogP contribution in [0.5, 0.6) is 0 Å². The predicted octanol–water partition coefficient (Wildman–Crippen LogP) is 5.59. The molecule has 0 heterocycles. The average Bonchev–Trinajstić information content (AvgIpc) is 3.15. The van der Waals surface area contributed by atoms with Gasteiger partial charge < -0.3 is 15.7 Å². The smallest absolute Gasteiger partial charge is 0.338 e. The number of hydrogen-bond acceptors (Lipinski definition) is 5. The fourth-order valence-electron chi connectivity index (χ4n) is 7.54. The van der Waals surface area contributed by atoms with Gasteiger partial charge in [-0.3, -0.25) is 0 Å². The second kappa shape index (κ2) is 7.39. The van der Waals surface area contributed by atoms with Gasteiger partial charge in [-0.2, -0.15) is 0 Å². The zero-order valence-electron chi connectivity index (χ0n) is 18.6. The lowest BCUT2D eigenvalue weighted by atomic mass is 9.47. The van der Waals surface area contributed by atoms with Crippen molar-refractivity contribution in [2.45, 2.75) is 71.3 Å². The van der Waals surface area contributed by atoms with Crippen molar-refractivity contribution in [3.05, 3.63) is 41.5 Å². The summed E-state index contributed by atoms with van der Waals surface area (Å²) >= 11 is 0. The van der Waals surface area contributed by atoms with Gasteiger partial charge in [0.15, 0.2) is 0 Å². The van der Waals surface area contributed by atoms with Crippen molar-refractivity contribution < 1.29 is 14.7 Å². The molecule has 1 aromatic carbocycles. The van der Waals surface area contributed by atoms with Crippen molar-refractivity contribution in [2.75, 3.05) is 5.73 Å². The van der Waals surface area contributed by atoms with E-state index in [0.29, 0.717) is 23.1 Å². The summed E-state index contributed by atoms with van der Waals surface area (Å²) in [5, 5.41) is 13.9. The number of nitrogens with zero attached hydrogens (tertiary/aromatic N) is 1. The highest BCUT2D eigenvalue weighted by molar-refractivity contribution is 5.90. The lowest BCUT2D eigenvalue weighted by Gasteiger charge is -2.57. The van der Waals surface area contributed by atoms with Crippen LogP contribution >= 0.6 is 0 Å². The molecule has 1 aromatic rings. The number of carbonyl (C=O) groups excluding carboxylic acids is 1. The van der Waals surface area contributed by atoms with E-state index in [1.807, 2.05) is 0 Å². The van der Waals surface area contributed by atoms with E-state index in [1.165, 1.54) is 24.8 Å². The van der Waals surface area contributed by atoms with Crippen LogP contribution in [0.1, 0.15) is 75.6 Å². The van der Waals surface area contributed by atoms with Crippen molar-refractivity contribution in [1.29, 1.82) is 0 Å². The van der Waals surface area contributed by atoms with Gasteiger partial charge in [-0.15, -0.1) is 0 Å². The largest absolute Gasteiger partial charge is 0.458 e. The van der Waals surface area contributed by atoms with Crippen molar-refractivity contribution in [3.8, 4) is 0 Å². The van der Waals surface area contributed by atoms with E-state index in [-0.39, 0.29) is 22.9 Å². The molecule has 0 aliphatic heterocycles. The van der Waals surface area contributed by atoms with E-state index in [9.17, 15) is 10.0 Å². The number of ether oxygens (including phenoxy) is 1. The Bertz CT molecular complexity index is 936. The average molecular weight is 423 g/mol. The molecule has 0 unspecified atom stereocenters. The Morgan fingerprint density at radius 1 is 1.19 bits per heavy atom. The Morgan fingerprint density at radius 2 is 1.97 bits per heavy atom. The number of nitrogens with two attached hydrogens (primary N) is 1. The number of benzene rings is 1. The predicted molar refractivity (Wildman–Crippen MR) is 121 cm³/mol. The minimum absolute atomic E-state index is 0.00148. The molecule has 6 atom stereocenters. The molecule has 166 valence electrons. The third kappa shape index (κ3) is 3.28. The molecule has 0 aromatic heterocycles. The minimum Gasteiger partial charge on any atom is -0.458 e. The van der Waals surface area contributed by atoms with Crippen LogP contribution in [0, 0.1) is 28.6 Å². The number of rotatable bonds is 2. The lowest BCUT2D eigenvalue weighted by molar-refractivity contribution is -0.00102. The zero-order valence-corrected chi connectivity index (χ0v) is 18.6. The van der Waals surface area contributed by atoms with Crippen LogP contribution in [-0.2, 0) is 4.74 Å². The molecule has 5 heteroatoms. The van der Waals surface area contributed by atoms with Gasteiger partial charge in [0.05, 0.1) is 11.3 Å². The number of esters is 1. The second-order valence-electron chi connectivity index (χ2n) is 10.8. The molecule has 5 rings (SSSR count). The first kappa shape index (κ1) is 20.6. The topological polar surface area (TPSA) is 84.9 Å². The fourth-order valence-corrected chi connectivity index (χ4v) is 7.54. The van der Waals surface area contributed by atoms with Gasteiger partial charge in [0, 0.05) is 18.0 Å². The highest BCUT2D eigenvalue weighted by Crippen LogP contribution is 2.64. The number of allylic oxidation sites excluding steroid dienone is 1. The van der Waals surface area contributed by atoms with Gasteiger partial charge in [-0.25, -0.2) is 4.79 Å². The van der Waals surface area contributed by atoms with Crippen molar-refractivity contribution in [1.82, 2.24) is 0 Å². The van der Waals surface area contributed by atoms with Crippen molar-refractivity contribution in [3.63, 3.8) is 0 Å². The second-order valence-corrected chi connectivity index (χ2v) is 10.8. The zero-order chi connectivity index (χ0) is 21.8. The lowest BCUT2D eigenvalue weighted by Crippen LogP contribution is -2.53. The van der Waals surface area contributed by atoms with Gasteiger partial charge in [0.25, 0.3) is 0 Å². The number of oxime groups is 1. The first-order valence-electron chi connectivity index (χ1n) is 11.8. The van der Waals surface area contributed by atoms with E-state index < -0.39 is 0 Å².